The Morgan fingerprint density at radius 2 is 2.00 bits per heavy atom. The van der Waals surface area contributed by atoms with Crippen molar-refractivity contribution in [2.45, 2.75) is 19.8 Å². The second-order valence-corrected chi connectivity index (χ2v) is 4.94. The first kappa shape index (κ1) is 13.9. The maximum Gasteiger partial charge on any atom is 0.118 e. The molecule has 0 fully saturated rings. The minimum Gasteiger partial charge on any atom is -0.497 e. The molecule has 0 bridgehead atoms. The summed E-state index contributed by atoms with van der Waals surface area (Å²) in [7, 11) is 1.69. The molecule has 0 saturated carbocycles. The maximum absolute atomic E-state index is 5.16. The molecular weight excluding hydrogens is 234 g/mol. The van der Waals surface area contributed by atoms with Crippen LogP contribution in [-0.2, 0) is 0 Å². The zero-order valence-corrected chi connectivity index (χ0v) is 11.9. The first-order valence-electron chi connectivity index (χ1n) is 7.05. The van der Waals surface area contributed by atoms with Gasteiger partial charge < -0.3 is 4.74 Å². The van der Waals surface area contributed by atoms with Gasteiger partial charge in [0.05, 0.1) is 7.11 Å². The normalized spacial score (nSPS) is 16.6. The summed E-state index contributed by atoms with van der Waals surface area (Å²) in [6.45, 7) is 5.73. The van der Waals surface area contributed by atoms with Crippen LogP contribution in [0.1, 0.15) is 25.3 Å². The first-order chi connectivity index (χ1) is 9.31. The van der Waals surface area contributed by atoms with Crippen LogP contribution in [0.5, 0.6) is 5.75 Å². The highest BCUT2D eigenvalue weighted by atomic mass is 16.5. The van der Waals surface area contributed by atoms with E-state index in [-0.39, 0.29) is 0 Å². The van der Waals surface area contributed by atoms with Crippen LogP contribution in [0.2, 0.25) is 0 Å². The summed E-state index contributed by atoms with van der Waals surface area (Å²) >= 11 is 0. The fourth-order valence-electron chi connectivity index (χ4n) is 2.32. The van der Waals surface area contributed by atoms with Crippen LogP contribution >= 0.6 is 0 Å². The fourth-order valence-corrected chi connectivity index (χ4v) is 2.32. The average Bonchev–Trinajstić information content (AvgIpc) is 2.47. The smallest absolute Gasteiger partial charge is 0.118 e. The topological polar surface area (TPSA) is 12.5 Å². The number of benzene rings is 1. The Balaban J connectivity index is 1.91. The van der Waals surface area contributed by atoms with Gasteiger partial charge in [-0.3, -0.25) is 4.90 Å². The summed E-state index contributed by atoms with van der Waals surface area (Å²) in [6, 6.07) is 8.17. The quantitative estimate of drug-likeness (QED) is 0.796. The van der Waals surface area contributed by atoms with Crippen molar-refractivity contribution in [2.24, 2.45) is 0 Å². The molecule has 0 amide bonds. The van der Waals surface area contributed by atoms with Gasteiger partial charge in [0.2, 0.25) is 0 Å². The molecule has 0 radical (unpaired) electrons. The molecule has 0 aromatic heterocycles. The number of ether oxygens (including phenoxy) is 1. The standard InChI is InChI=1S/C17H23NO/c1-3-12-18-13-10-16(11-14-18)5-4-15-6-8-17(19-2)9-7-15/h4-10H,3,11-14H2,1-2H3. The SMILES string of the molecule is CCCN1CC=C(C=Cc2ccc(OC)cc2)CC1. The molecule has 0 spiro atoms. The highest BCUT2D eigenvalue weighted by molar-refractivity contribution is 5.54. The number of hydrogen-bond acceptors (Lipinski definition) is 2. The van der Waals surface area contributed by atoms with E-state index >= 15 is 0 Å². The molecule has 102 valence electrons. The second-order valence-electron chi connectivity index (χ2n) is 4.94. The molecule has 0 saturated heterocycles. The predicted octanol–water partition coefficient (Wildman–Crippen LogP) is 3.75. The third-order valence-electron chi connectivity index (χ3n) is 3.47. The van der Waals surface area contributed by atoms with Crippen molar-refractivity contribution in [3.63, 3.8) is 0 Å². The summed E-state index contributed by atoms with van der Waals surface area (Å²) in [5, 5.41) is 0. The fraction of sp³-hybridized carbons (Fsp3) is 0.412. The molecular formula is C17H23NO. The Morgan fingerprint density at radius 3 is 2.58 bits per heavy atom. The molecule has 1 aliphatic rings. The molecule has 19 heavy (non-hydrogen) atoms. The van der Waals surface area contributed by atoms with Gasteiger partial charge in [-0.15, -0.1) is 0 Å². The van der Waals surface area contributed by atoms with Gasteiger partial charge in [-0.25, -0.2) is 0 Å². The molecule has 2 nitrogen and oxygen atoms in total. The number of allylic oxidation sites excluding steroid dienone is 1. The number of nitrogens with zero attached hydrogens (tertiary/aromatic N) is 1. The van der Waals surface area contributed by atoms with E-state index < -0.39 is 0 Å². The Bertz CT molecular complexity index is 445. The molecule has 0 atom stereocenters. The van der Waals surface area contributed by atoms with Gasteiger partial charge in [0.15, 0.2) is 0 Å². The van der Waals surface area contributed by atoms with Crippen molar-refractivity contribution in [3.8, 4) is 5.75 Å². The van der Waals surface area contributed by atoms with Crippen molar-refractivity contribution < 1.29 is 4.74 Å². The molecule has 1 aliphatic heterocycles. The average molecular weight is 257 g/mol. The summed E-state index contributed by atoms with van der Waals surface area (Å²) in [4.78, 5) is 2.50. The van der Waals surface area contributed by atoms with Crippen LogP contribution in [0.3, 0.4) is 0 Å². The highest BCUT2D eigenvalue weighted by Gasteiger charge is 2.08. The number of hydrogen-bond donors (Lipinski definition) is 0. The molecule has 1 heterocycles. The second kappa shape index (κ2) is 7.15. The van der Waals surface area contributed by atoms with E-state index in [1.165, 1.54) is 30.6 Å². The van der Waals surface area contributed by atoms with E-state index in [4.69, 9.17) is 4.74 Å². The van der Waals surface area contributed by atoms with Crippen molar-refractivity contribution in [3.05, 3.63) is 47.6 Å². The molecule has 0 unspecified atom stereocenters. The van der Waals surface area contributed by atoms with Crippen LogP contribution < -0.4 is 4.74 Å². The monoisotopic (exact) mass is 257 g/mol. The van der Waals surface area contributed by atoms with Crippen molar-refractivity contribution in [2.75, 3.05) is 26.7 Å². The lowest BCUT2D eigenvalue weighted by molar-refractivity contribution is 0.296. The molecule has 1 aromatic carbocycles. The van der Waals surface area contributed by atoms with Crippen molar-refractivity contribution >= 4 is 6.08 Å². The highest BCUT2D eigenvalue weighted by Crippen LogP contribution is 2.16. The lowest BCUT2D eigenvalue weighted by Crippen LogP contribution is -2.29. The largest absolute Gasteiger partial charge is 0.497 e. The van der Waals surface area contributed by atoms with E-state index in [0.29, 0.717) is 0 Å². The zero-order chi connectivity index (χ0) is 13.5. The minimum absolute atomic E-state index is 0.907. The third kappa shape index (κ3) is 4.25. The summed E-state index contributed by atoms with van der Waals surface area (Å²) in [6.07, 6.45) is 9.17. The summed E-state index contributed by atoms with van der Waals surface area (Å²) in [5.74, 6) is 0.907. The third-order valence-corrected chi connectivity index (χ3v) is 3.47. The van der Waals surface area contributed by atoms with Gasteiger partial charge in [-0.2, -0.15) is 0 Å². The van der Waals surface area contributed by atoms with E-state index in [0.717, 1.165) is 18.7 Å². The molecule has 2 heteroatoms. The number of methoxy groups -OCH3 is 1. The van der Waals surface area contributed by atoms with Gasteiger partial charge in [0.1, 0.15) is 5.75 Å². The van der Waals surface area contributed by atoms with E-state index in [1.54, 1.807) is 7.11 Å². The number of rotatable bonds is 5. The van der Waals surface area contributed by atoms with Gasteiger partial charge in [-0.1, -0.05) is 37.3 Å². The summed E-state index contributed by atoms with van der Waals surface area (Å²) in [5.41, 5.74) is 2.67. The lowest BCUT2D eigenvalue weighted by atomic mass is 10.1. The van der Waals surface area contributed by atoms with E-state index in [1.807, 2.05) is 12.1 Å². The van der Waals surface area contributed by atoms with Crippen LogP contribution in [-0.4, -0.2) is 31.6 Å². The van der Waals surface area contributed by atoms with Crippen LogP contribution in [0.15, 0.2) is 42.0 Å². The molecule has 0 N–H and O–H groups in total. The predicted molar refractivity (Wildman–Crippen MR) is 81.5 cm³/mol. The van der Waals surface area contributed by atoms with Crippen molar-refractivity contribution in [1.82, 2.24) is 4.90 Å². The van der Waals surface area contributed by atoms with Gasteiger partial charge in [0, 0.05) is 13.1 Å². The molecule has 2 rings (SSSR count). The van der Waals surface area contributed by atoms with Crippen LogP contribution in [0.25, 0.3) is 6.08 Å². The zero-order valence-electron chi connectivity index (χ0n) is 11.9. The van der Waals surface area contributed by atoms with Gasteiger partial charge in [0.25, 0.3) is 0 Å². The molecule has 1 aromatic rings. The summed E-state index contributed by atoms with van der Waals surface area (Å²) < 4.78 is 5.16. The van der Waals surface area contributed by atoms with Gasteiger partial charge >= 0.3 is 0 Å². The molecule has 0 aliphatic carbocycles. The Labute approximate surface area is 116 Å². The van der Waals surface area contributed by atoms with E-state index in [2.05, 4.69) is 42.2 Å². The Hall–Kier alpha value is -1.54. The maximum atomic E-state index is 5.16. The lowest BCUT2D eigenvalue weighted by Gasteiger charge is -2.24. The van der Waals surface area contributed by atoms with Crippen LogP contribution in [0.4, 0.5) is 0 Å². The minimum atomic E-state index is 0.907. The van der Waals surface area contributed by atoms with Crippen LogP contribution in [0, 0.1) is 0 Å². The van der Waals surface area contributed by atoms with Crippen molar-refractivity contribution in [1.29, 1.82) is 0 Å². The van der Waals surface area contributed by atoms with Gasteiger partial charge in [-0.05, 0) is 42.7 Å². The first-order valence-corrected chi connectivity index (χ1v) is 7.05. The Kier molecular flexibility index (Phi) is 5.22. The Morgan fingerprint density at radius 1 is 1.21 bits per heavy atom. The van der Waals surface area contributed by atoms with E-state index in [9.17, 15) is 0 Å².